The van der Waals surface area contributed by atoms with E-state index in [4.69, 9.17) is 4.74 Å². The molecule has 2 aromatic carbocycles. The average Bonchev–Trinajstić information content (AvgIpc) is 2.67. The van der Waals surface area contributed by atoms with Gasteiger partial charge in [-0.3, -0.25) is 19.7 Å². The van der Waals surface area contributed by atoms with Crippen LogP contribution in [0.2, 0.25) is 0 Å². The van der Waals surface area contributed by atoms with Gasteiger partial charge in [-0.05, 0) is 31.5 Å². The maximum Gasteiger partial charge on any atom is 0.319 e. The lowest BCUT2D eigenvalue weighted by molar-refractivity contribution is -0.384. The number of non-ortho nitro benzene ring substituents is 1. The van der Waals surface area contributed by atoms with Crippen LogP contribution in [0.1, 0.15) is 19.4 Å². The third kappa shape index (κ3) is 6.41. The number of carbonyl (C=O) groups is 2. The molecule has 142 valence electrons. The van der Waals surface area contributed by atoms with Gasteiger partial charge in [0.15, 0.2) is 6.10 Å². The molecule has 2 aromatic rings. The third-order valence-corrected chi connectivity index (χ3v) is 4.75. The largest absolute Gasteiger partial charge is 0.452 e. The number of hydrogen-bond donors (Lipinski definition) is 1. The number of ether oxygens (including phenoxy) is 1. The molecule has 0 aromatic heterocycles. The van der Waals surface area contributed by atoms with Crippen LogP contribution < -0.4 is 5.32 Å². The highest BCUT2D eigenvalue weighted by molar-refractivity contribution is 8.00. The topological polar surface area (TPSA) is 98.5 Å². The number of thioether (sulfide) groups is 1. The lowest BCUT2D eigenvalue weighted by atomic mass is 10.2. The van der Waals surface area contributed by atoms with Crippen LogP contribution in [0.3, 0.4) is 0 Å². The van der Waals surface area contributed by atoms with Gasteiger partial charge in [-0.2, -0.15) is 0 Å². The summed E-state index contributed by atoms with van der Waals surface area (Å²) in [6.45, 7) is 3.53. The van der Waals surface area contributed by atoms with Gasteiger partial charge in [-0.15, -0.1) is 11.8 Å². The summed E-state index contributed by atoms with van der Waals surface area (Å²) in [5, 5.41) is 12.8. The summed E-state index contributed by atoms with van der Waals surface area (Å²) in [5.74, 6) is -0.902. The second kappa shape index (κ2) is 9.72. The molecule has 2 rings (SSSR count). The minimum atomic E-state index is -0.916. The zero-order valence-electron chi connectivity index (χ0n) is 15.0. The number of nitrogens with zero attached hydrogens (tertiary/aromatic N) is 1. The van der Waals surface area contributed by atoms with E-state index < -0.39 is 22.2 Å². The monoisotopic (exact) mass is 388 g/mol. The Morgan fingerprint density at radius 1 is 1.11 bits per heavy atom. The summed E-state index contributed by atoms with van der Waals surface area (Å²) in [7, 11) is 0. The van der Waals surface area contributed by atoms with Gasteiger partial charge in [0.1, 0.15) is 5.25 Å². The highest BCUT2D eigenvalue weighted by atomic mass is 32.2. The predicted molar refractivity (Wildman–Crippen MR) is 102 cm³/mol. The van der Waals surface area contributed by atoms with Crippen molar-refractivity contribution in [3.8, 4) is 0 Å². The molecule has 1 N–H and O–H groups in total. The lowest BCUT2D eigenvalue weighted by Crippen LogP contribution is -2.36. The first-order chi connectivity index (χ1) is 12.9. The molecular weight excluding hydrogens is 368 g/mol. The molecule has 2 atom stereocenters. The summed E-state index contributed by atoms with van der Waals surface area (Å²) < 4.78 is 5.22. The number of rotatable bonds is 8. The van der Waals surface area contributed by atoms with Crippen LogP contribution in [0, 0.1) is 10.1 Å². The fourth-order valence-corrected chi connectivity index (χ4v) is 3.00. The van der Waals surface area contributed by atoms with E-state index in [1.54, 1.807) is 19.1 Å². The van der Waals surface area contributed by atoms with Gasteiger partial charge >= 0.3 is 5.97 Å². The van der Waals surface area contributed by atoms with Crippen molar-refractivity contribution in [2.75, 3.05) is 0 Å². The Labute approximate surface area is 161 Å². The minimum Gasteiger partial charge on any atom is -0.452 e. The molecule has 0 spiro atoms. The Hall–Kier alpha value is -2.87. The molecular formula is C19H20N2O5S. The number of nitro groups is 1. The number of esters is 1. The SMILES string of the molecule is CC(OC(=O)C(C)Sc1ccc([N+](=O)[O-])cc1)C(=O)NCc1ccccc1. The van der Waals surface area contributed by atoms with Gasteiger partial charge in [0.2, 0.25) is 0 Å². The van der Waals surface area contributed by atoms with Crippen molar-refractivity contribution >= 4 is 29.3 Å². The highest BCUT2D eigenvalue weighted by Crippen LogP contribution is 2.26. The van der Waals surface area contributed by atoms with Gasteiger partial charge in [0, 0.05) is 23.6 Å². The Kier molecular flexibility index (Phi) is 7.36. The van der Waals surface area contributed by atoms with Crippen LogP contribution in [0.15, 0.2) is 59.5 Å². The van der Waals surface area contributed by atoms with Crippen molar-refractivity contribution in [1.29, 1.82) is 0 Å². The maximum absolute atomic E-state index is 12.2. The molecule has 0 aliphatic heterocycles. The van der Waals surface area contributed by atoms with E-state index in [-0.39, 0.29) is 11.6 Å². The van der Waals surface area contributed by atoms with Crippen molar-refractivity contribution in [3.63, 3.8) is 0 Å². The van der Waals surface area contributed by atoms with E-state index in [9.17, 15) is 19.7 Å². The molecule has 0 aliphatic carbocycles. The fraction of sp³-hybridized carbons (Fsp3) is 0.263. The van der Waals surface area contributed by atoms with Crippen molar-refractivity contribution in [1.82, 2.24) is 5.32 Å². The van der Waals surface area contributed by atoms with Crippen molar-refractivity contribution < 1.29 is 19.2 Å². The quantitative estimate of drug-likeness (QED) is 0.322. The highest BCUT2D eigenvalue weighted by Gasteiger charge is 2.22. The third-order valence-electron chi connectivity index (χ3n) is 3.66. The zero-order valence-corrected chi connectivity index (χ0v) is 15.8. The van der Waals surface area contributed by atoms with Crippen LogP contribution in [0.25, 0.3) is 0 Å². The number of nitro benzene ring substituents is 1. The van der Waals surface area contributed by atoms with Crippen LogP contribution in [0.5, 0.6) is 0 Å². The molecule has 27 heavy (non-hydrogen) atoms. The number of amides is 1. The first-order valence-corrected chi connectivity index (χ1v) is 9.18. The molecule has 0 saturated heterocycles. The molecule has 0 aliphatic rings. The van der Waals surface area contributed by atoms with Gasteiger partial charge in [0.25, 0.3) is 11.6 Å². The van der Waals surface area contributed by atoms with Crippen LogP contribution in [-0.4, -0.2) is 28.2 Å². The number of hydrogen-bond acceptors (Lipinski definition) is 6. The van der Waals surface area contributed by atoms with Crippen LogP contribution >= 0.6 is 11.8 Å². The zero-order chi connectivity index (χ0) is 19.8. The van der Waals surface area contributed by atoms with E-state index in [1.807, 2.05) is 30.3 Å². The molecule has 1 amide bonds. The van der Waals surface area contributed by atoms with E-state index in [2.05, 4.69) is 5.32 Å². The normalized spacial score (nSPS) is 12.7. The summed E-state index contributed by atoms with van der Waals surface area (Å²) in [5.41, 5.74) is 0.935. The Balaban J connectivity index is 1.81. The molecule has 0 saturated carbocycles. The average molecular weight is 388 g/mol. The van der Waals surface area contributed by atoms with Gasteiger partial charge < -0.3 is 10.1 Å². The maximum atomic E-state index is 12.2. The molecule has 0 fully saturated rings. The van der Waals surface area contributed by atoms with Gasteiger partial charge in [-0.1, -0.05) is 30.3 Å². The lowest BCUT2D eigenvalue weighted by Gasteiger charge is -2.16. The van der Waals surface area contributed by atoms with E-state index in [0.717, 1.165) is 5.56 Å². The molecule has 7 nitrogen and oxygen atoms in total. The van der Waals surface area contributed by atoms with Crippen LogP contribution in [-0.2, 0) is 20.9 Å². The molecule has 0 bridgehead atoms. The smallest absolute Gasteiger partial charge is 0.319 e. The van der Waals surface area contributed by atoms with Gasteiger partial charge in [-0.25, -0.2) is 0 Å². The van der Waals surface area contributed by atoms with Crippen molar-refractivity contribution in [2.45, 2.75) is 36.6 Å². The first kappa shape index (κ1) is 20.4. The summed E-state index contributed by atoms with van der Waals surface area (Å²) in [6.07, 6.45) is -0.916. The Morgan fingerprint density at radius 3 is 2.33 bits per heavy atom. The summed E-state index contributed by atoms with van der Waals surface area (Å²) in [4.78, 5) is 35.1. The molecule has 0 radical (unpaired) electrons. The fourth-order valence-electron chi connectivity index (χ4n) is 2.15. The number of nitrogens with one attached hydrogen (secondary N) is 1. The standard InChI is InChI=1S/C19H20N2O5S/c1-13(18(22)20-12-15-6-4-3-5-7-15)26-19(23)14(2)27-17-10-8-16(9-11-17)21(24)25/h3-11,13-14H,12H2,1-2H3,(H,20,22). The van der Waals surface area contributed by atoms with E-state index >= 15 is 0 Å². The molecule has 2 unspecified atom stereocenters. The van der Waals surface area contributed by atoms with Crippen molar-refractivity contribution in [2.24, 2.45) is 0 Å². The summed E-state index contributed by atoms with van der Waals surface area (Å²) >= 11 is 1.21. The Bertz CT molecular complexity index is 796. The second-order valence-corrected chi connectivity index (χ2v) is 7.21. The van der Waals surface area contributed by atoms with Gasteiger partial charge in [0.05, 0.1) is 4.92 Å². The number of benzene rings is 2. The first-order valence-electron chi connectivity index (χ1n) is 8.30. The van der Waals surface area contributed by atoms with Crippen LogP contribution in [0.4, 0.5) is 5.69 Å². The molecule has 8 heteroatoms. The summed E-state index contributed by atoms with van der Waals surface area (Å²) in [6, 6.07) is 15.3. The number of carbonyl (C=O) groups excluding carboxylic acids is 2. The predicted octanol–water partition coefficient (Wildman–Crippen LogP) is 3.32. The van der Waals surface area contributed by atoms with Crippen molar-refractivity contribution in [3.05, 3.63) is 70.3 Å². The van der Waals surface area contributed by atoms with E-state index in [0.29, 0.717) is 11.4 Å². The molecule has 0 heterocycles. The Morgan fingerprint density at radius 2 is 1.74 bits per heavy atom. The minimum absolute atomic E-state index is 0.0155. The second-order valence-electron chi connectivity index (χ2n) is 5.79. The van der Waals surface area contributed by atoms with E-state index in [1.165, 1.54) is 30.8 Å².